The Bertz CT molecular complexity index is 1290. The highest BCUT2D eigenvalue weighted by atomic mass is 32.2. The number of nitrogens with one attached hydrogen (secondary N) is 1. The van der Waals surface area contributed by atoms with Gasteiger partial charge < -0.3 is 14.5 Å². The molecule has 1 aromatic heterocycles. The number of aryl methyl sites for hydroxylation is 1. The van der Waals surface area contributed by atoms with E-state index in [9.17, 15) is 13.2 Å². The van der Waals surface area contributed by atoms with Crippen molar-refractivity contribution in [3.63, 3.8) is 0 Å². The standard InChI is InChI=1S/C27H38N6O4S/c1-20-4-5-21(24(16-20)31-18-22-6-7-23(19-31)37-22)17-32-12-3-9-27(32)10-14-30(15-11-27)26(34)33-13-8-25(28-33)29-38(2,35)36/h4-5,8,13,16,22-23H,3,6-7,9-12,14-15,17-19H2,1-2H3,(H,28,29)/t22-,23+. The molecule has 4 aliphatic heterocycles. The summed E-state index contributed by atoms with van der Waals surface area (Å²) in [7, 11) is -3.44. The Morgan fingerprint density at radius 3 is 2.55 bits per heavy atom. The summed E-state index contributed by atoms with van der Waals surface area (Å²) in [6.07, 6.45) is 9.81. The van der Waals surface area contributed by atoms with E-state index in [0.29, 0.717) is 25.3 Å². The fourth-order valence-corrected chi connectivity index (χ4v) is 7.35. The van der Waals surface area contributed by atoms with E-state index in [-0.39, 0.29) is 17.4 Å². The third-order valence-electron chi connectivity index (χ3n) is 8.77. The van der Waals surface area contributed by atoms with Crippen LogP contribution in [0.25, 0.3) is 0 Å². The van der Waals surface area contributed by atoms with Gasteiger partial charge in [-0.15, -0.1) is 5.10 Å². The number of carbonyl (C=O) groups excluding carboxylic acids is 1. The number of ether oxygens (including phenoxy) is 1. The predicted octanol–water partition coefficient (Wildman–Crippen LogP) is 3.03. The number of carbonyl (C=O) groups is 1. The molecule has 1 spiro atoms. The van der Waals surface area contributed by atoms with Crippen molar-refractivity contribution in [2.75, 3.05) is 48.6 Å². The van der Waals surface area contributed by atoms with Gasteiger partial charge in [0.2, 0.25) is 10.0 Å². The number of benzene rings is 1. The van der Waals surface area contributed by atoms with E-state index in [4.69, 9.17) is 4.74 Å². The van der Waals surface area contributed by atoms with E-state index in [1.54, 1.807) is 0 Å². The van der Waals surface area contributed by atoms with Gasteiger partial charge in [0, 0.05) is 56.2 Å². The zero-order valence-corrected chi connectivity index (χ0v) is 23.1. The molecule has 1 amide bonds. The molecule has 206 valence electrons. The van der Waals surface area contributed by atoms with Crippen molar-refractivity contribution in [2.45, 2.75) is 69.7 Å². The molecule has 11 heteroatoms. The number of rotatable bonds is 5. The largest absolute Gasteiger partial charge is 0.371 e. The van der Waals surface area contributed by atoms with Crippen LogP contribution in [0.3, 0.4) is 0 Å². The van der Waals surface area contributed by atoms with Crippen LogP contribution in [0.5, 0.6) is 0 Å². The minimum absolute atomic E-state index is 0.107. The number of sulfonamides is 1. The van der Waals surface area contributed by atoms with Crippen molar-refractivity contribution in [3.05, 3.63) is 41.6 Å². The maximum atomic E-state index is 13.1. The number of hydrogen-bond donors (Lipinski definition) is 1. The molecule has 2 aromatic rings. The first kappa shape index (κ1) is 25.6. The molecule has 6 rings (SSSR count). The topological polar surface area (TPSA) is 100 Å². The van der Waals surface area contributed by atoms with E-state index in [2.05, 4.69) is 44.7 Å². The Morgan fingerprint density at radius 1 is 1.11 bits per heavy atom. The molecule has 4 fully saturated rings. The third-order valence-corrected chi connectivity index (χ3v) is 9.35. The second-order valence-electron chi connectivity index (χ2n) is 11.5. The van der Waals surface area contributed by atoms with Gasteiger partial charge in [0.15, 0.2) is 5.82 Å². The van der Waals surface area contributed by atoms with Crippen molar-refractivity contribution in [1.82, 2.24) is 19.6 Å². The lowest BCUT2D eigenvalue weighted by molar-refractivity contribution is 0.0301. The molecule has 10 nitrogen and oxygen atoms in total. The van der Waals surface area contributed by atoms with Crippen LogP contribution in [-0.4, -0.2) is 90.8 Å². The Hall–Kier alpha value is -2.63. The van der Waals surface area contributed by atoms with Gasteiger partial charge in [-0.2, -0.15) is 4.68 Å². The van der Waals surface area contributed by atoms with Crippen LogP contribution in [0, 0.1) is 6.92 Å². The van der Waals surface area contributed by atoms with Crippen molar-refractivity contribution in [1.29, 1.82) is 0 Å². The predicted molar refractivity (Wildman–Crippen MR) is 146 cm³/mol. The maximum Gasteiger partial charge on any atom is 0.344 e. The van der Waals surface area contributed by atoms with Crippen LogP contribution in [-0.2, 0) is 21.3 Å². The molecule has 2 bridgehead atoms. The van der Waals surface area contributed by atoms with Crippen LogP contribution in [0.1, 0.15) is 49.7 Å². The lowest BCUT2D eigenvalue weighted by atomic mass is 9.84. The molecule has 4 saturated heterocycles. The van der Waals surface area contributed by atoms with Crippen molar-refractivity contribution in [3.8, 4) is 0 Å². The maximum absolute atomic E-state index is 13.1. The summed E-state index contributed by atoms with van der Waals surface area (Å²) < 4.78 is 32.6. The number of fused-ring (bicyclic) bond motifs is 2. The highest BCUT2D eigenvalue weighted by molar-refractivity contribution is 7.92. The number of amides is 1. The van der Waals surface area contributed by atoms with Gasteiger partial charge in [-0.05, 0) is 69.2 Å². The zero-order valence-electron chi connectivity index (χ0n) is 22.3. The number of piperidine rings is 1. The van der Waals surface area contributed by atoms with E-state index >= 15 is 0 Å². The summed E-state index contributed by atoms with van der Waals surface area (Å²) in [5.41, 5.74) is 4.14. The molecule has 1 N–H and O–H groups in total. The molecule has 4 aliphatic rings. The van der Waals surface area contributed by atoms with Crippen LogP contribution >= 0.6 is 0 Å². The molecule has 0 aliphatic carbocycles. The van der Waals surface area contributed by atoms with Gasteiger partial charge in [0.1, 0.15) is 0 Å². The van der Waals surface area contributed by atoms with E-state index < -0.39 is 10.0 Å². The first-order chi connectivity index (χ1) is 18.2. The van der Waals surface area contributed by atoms with Gasteiger partial charge in [-0.25, -0.2) is 13.2 Å². The van der Waals surface area contributed by atoms with E-state index in [1.807, 2.05) is 4.90 Å². The molecular weight excluding hydrogens is 504 g/mol. The molecular formula is C27H38N6O4S. The van der Waals surface area contributed by atoms with Crippen molar-refractivity contribution in [2.24, 2.45) is 0 Å². The van der Waals surface area contributed by atoms with Crippen molar-refractivity contribution >= 4 is 27.6 Å². The lowest BCUT2D eigenvalue weighted by Gasteiger charge is -2.45. The normalized spacial score (nSPS) is 25.3. The summed E-state index contributed by atoms with van der Waals surface area (Å²) in [6.45, 7) is 7.46. The first-order valence-electron chi connectivity index (χ1n) is 13.8. The molecule has 1 aromatic carbocycles. The number of aromatic nitrogens is 2. The van der Waals surface area contributed by atoms with Crippen LogP contribution < -0.4 is 9.62 Å². The molecule has 0 unspecified atom stereocenters. The third kappa shape index (κ3) is 5.15. The highest BCUT2D eigenvalue weighted by Crippen LogP contribution is 2.41. The summed E-state index contributed by atoms with van der Waals surface area (Å²) in [6, 6.07) is 8.18. The van der Waals surface area contributed by atoms with Gasteiger partial charge in [0.05, 0.1) is 18.5 Å². The molecule has 0 radical (unpaired) electrons. The second-order valence-corrected chi connectivity index (χ2v) is 13.3. The number of hydrogen-bond acceptors (Lipinski definition) is 7. The average Bonchev–Trinajstić information content (AvgIpc) is 3.58. The SMILES string of the molecule is Cc1ccc(CN2CCCC23CCN(C(=O)n2ccc(NS(C)(=O)=O)n2)CC3)c(N2C[C@H]3CC[C@@H](C2)O3)c1. The number of morpholine rings is 1. The average molecular weight is 543 g/mol. The van der Waals surface area contributed by atoms with Crippen LogP contribution in [0.15, 0.2) is 30.5 Å². The summed E-state index contributed by atoms with van der Waals surface area (Å²) in [5.74, 6) is 0.151. The monoisotopic (exact) mass is 542 g/mol. The summed E-state index contributed by atoms with van der Waals surface area (Å²) in [4.78, 5) is 20.1. The number of nitrogens with zero attached hydrogens (tertiary/aromatic N) is 5. The minimum atomic E-state index is -3.44. The second kappa shape index (κ2) is 9.84. The fourth-order valence-electron chi connectivity index (χ4n) is 6.86. The highest BCUT2D eigenvalue weighted by Gasteiger charge is 2.44. The Kier molecular flexibility index (Phi) is 6.64. The first-order valence-corrected chi connectivity index (χ1v) is 15.6. The van der Waals surface area contributed by atoms with Crippen LogP contribution in [0.4, 0.5) is 16.3 Å². The Balaban J connectivity index is 1.13. The molecule has 5 heterocycles. The van der Waals surface area contributed by atoms with Gasteiger partial charge in [-0.1, -0.05) is 12.1 Å². The lowest BCUT2D eigenvalue weighted by Crippen LogP contribution is -2.53. The zero-order chi connectivity index (χ0) is 26.5. The van der Waals surface area contributed by atoms with E-state index in [1.165, 1.54) is 53.0 Å². The van der Waals surface area contributed by atoms with Crippen LogP contribution in [0.2, 0.25) is 0 Å². The van der Waals surface area contributed by atoms with Gasteiger partial charge >= 0.3 is 6.03 Å². The Labute approximate surface area is 225 Å². The fraction of sp³-hybridized carbons (Fsp3) is 0.630. The van der Waals surface area contributed by atoms with Gasteiger partial charge in [-0.3, -0.25) is 9.62 Å². The van der Waals surface area contributed by atoms with Gasteiger partial charge in [0.25, 0.3) is 0 Å². The Morgan fingerprint density at radius 2 is 1.84 bits per heavy atom. The summed E-state index contributed by atoms with van der Waals surface area (Å²) >= 11 is 0. The van der Waals surface area contributed by atoms with Crippen molar-refractivity contribution < 1.29 is 17.9 Å². The molecule has 38 heavy (non-hydrogen) atoms. The number of anilines is 2. The molecule has 2 atom stereocenters. The van der Waals surface area contributed by atoms with E-state index in [0.717, 1.165) is 51.7 Å². The smallest absolute Gasteiger partial charge is 0.344 e. The quantitative estimate of drug-likeness (QED) is 0.620. The minimum Gasteiger partial charge on any atom is -0.371 e. The molecule has 0 saturated carbocycles. The number of likely N-dealkylation sites (tertiary alicyclic amines) is 2. The summed E-state index contributed by atoms with van der Waals surface area (Å²) in [5, 5.41) is 4.12.